The van der Waals surface area contributed by atoms with Gasteiger partial charge in [0, 0.05) is 19.3 Å². The van der Waals surface area contributed by atoms with E-state index < -0.39 is 17.6 Å². The van der Waals surface area contributed by atoms with E-state index in [1.807, 2.05) is 0 Å². The van der Waals surface area contributed by atoms with Crippen LogP contribution in [0.4, 0.5) is 13.2 Å². The predicted octanol–water partition coefficient (Wildman–Crippen LogP) is 4.12. The predicted molar refractivity (Wildman–Crippen MR) is 83.9 cm³/mol. The quantitative estimate of drug-likeness (QED) is 0.830. The van der Waals surface area contributed by atoms with Gasteiger partial charge < -0.3 is 14.1 Å². The molecule has 1 aliphatic rings. The van der Waals surface area contributed by atoms with Crippen molar-refractivity contribution >= 4 is 5.91 Å². The van der Waals surface area contributed by atoms with Crippen molar-refractivity contribution in [3.8, 4) is 0 Å². The Hall–Kier alpha value is -2.28. The molecule has 25 heavy (non-hydrogen) atoms. The number of furan rings is 1. The van der Waals surface area contributed by atoms with Gasteiger partial charge in [-0.1, -0.05) is 12.1 Å². The van der Waals surface area contributed by atoms with E-state index in [9.17, 15) is 18.0 Å². The second-order valence-corrected chi connectivity index (χ2v) is 5.90. The second kappa shape index (κ2) is 7.31. The first-order chi connectivity index (χ1) is 12.0. The van der Waals surface area contributed by atoms with Crippen molar-refractivity contribution in [2.45, 2.75) is 31.6 Å². The van der Waals surface area contributed by atoms with Gasteiger partial charge in [0.2, 0.25) is 0 Å². The molecule has 1 saturated heterocycles. The van der Waals surface area contributed by atoms with Crippen molar-refractivity contribution in [2.75, 3.05) is 13.2 Å². The van der Waals surface area contributed by atoms with Crippen LogP contribution < -0.4 is 0 Å². The smallest absolute Gasteiger partial charge is 0.417 e. The molecular formula is C18H18F3NO3. The maximum absolute atomic E-state index is 13.3. The molecule has 7 heteroatoms. The molecule has 1 aromatic heterocycles. The molecule has 0 saturated carbocycles. The van der Waals surface area contributed by atoms with Crippen LogP contribution in [0.1, 0.15) is 34.5 Å². The van der Waals surface area contributed by atoms with Crippen molar-refractivity contribution in [2.24, 2.45) is 0 Å². The summed E-state index contributed by atoms with van der Waals surface area (Å²) < 4.78 is 50.4. The Labute approximate surface area is 143 Å². The Kier molecular flexibility index (Phi) is 5.13. The van der Waals surface area contributed by atoms with Gasteiger partial charge in [-0.25, -0.2) is 0 Å². The summed E-state index contributed by atoms with van der Waals surface area (Å²) in [7, 11) is 0. The van der Waals surface area contributed by atoms with Crippen LogP contribution in [0.2, 0.25) is 0 Å². The van der Waals surface area contributed by atoms with E-state index >= 15 is 0 Å². The van der Waals surface area contributed by atoms with Crippen LogP contribution in [0, 0.1) is 0 Å². The summed E-state index contributed by atoms with van der Waals surface area (Å²) in [4.78, 5) is 14.4. The molecule has 0 aliphatic carbocycles. The molecule has 134 valence electrons. The molecule has 0 unspecified atom stereocenters. The van der Waals surface area contributed by atoms with Gasteiger partial charge >= 0.3 is 6.18 Å². The number of ether oxygens (including phenoxy) is 1. The van der Waals surface area contributed by atoms with Crippen molar-refractivity contribution in [3.05, 3.63) is 59.5 Å². The fraction of sp³-hybridized carbons (Fsp3) is 0.389. The van der Waals surface area contributed by atoms with Gasteiger partial charge in [-0.2, -0.15) is 13.2 Å². The van der Waals surface area contributed by atoms with Crippen LogP contribution in [0.25, 0.3) is 0 Å². The van der Waals surface area contributed by atoms with E-state index in [4.69, 9.17) is 9.15 Å². The maximum Gasteiger partial charge on any atom is 0.417 e. The summed E-state index contributed by atoms with van der Waals surface area (Å²) in [6, 6.07) is 8.08. The number of hydrogen-bond donors (Lipinski definition) is 0. The number of carbonyl (C=O) groups is 1. The molecule has 2 aromatic rings. The van der Waals surface area contributed by atoms with E-state index in [1.54, 1.807) is 12.1 Å². The summed E-state index contributed by atoms with van der Waals surface area (Å²) in [5.74, 6) is -0.111. The molecule has 3 rings (SSSR count). The Morgan fingerprint density at radius 3 is 2.48 bits per heavy atom. The lowest BCUT2D eigenvalue weighted by molar-refractivity contribution is -0.138. The molecule has 1 amide bonds. The number of alkyl halides is 3. The minimum atomic E-state index is -4.59. The van der Waals surface area contributed by atoms with Gasteiger partial charge in [-0.05, 0) is 37.1 Å². The minimum absolute atomic E-state index is 0.128. The van der Waals surface area contributed by atoms with E-state index in [2.05, 4.69) is 0 Å². The molecule has 1 fully saturated rings. The van der Waals surface area contributed by atoms with Crippen LogP contribution in [-0.2, 0) is 17.5 Å². The fourth-order valence-corrected chi connectivity index (χ4v) is 3.01. The van der Waals surface area contributed by atoms with Crippen LogP contribution in [0.5, 0.6) is 0 Å². The van der Waals surface area contributed by atoms with E-state index in [1.165, 1.54) is 29.4 Å². The number of nitrogens with zero attached hydrogens (tertiary/aromatic N) is 1. The Morgan fingerprint density at radius 2 is 1.84 bits per heavy atom. The third-order valence-corrected chi connectivity index (χ3v) is 4.26. The lowest BCUT2D eigenvalue weighted by Gasteiger charge is -2.34. The van der Waals surface area contributed by atoms with Crippen LogP contribution in [0.3, 0.4) is 0 Å². The summed E-state index contributed by atoms with van der Waals surface area (Å²) in [6.45, 7) is 1.09. The number of benzene rings is 1. The van der Waals surface area contributed by atoms with Gasteiger partial charge in [-0.15, -0.1) is 0 Å². The highest BCUT2D eigenvalue weighted by Gasteiger charge is 2.37. The molecule has 0 spiro atoms. The van der Waals surface area contributed by atoms with E-state index in [-0.39, 0.29) is 18.2 Å². The zero-order chi connectivity index (χ0) is 17.9. The standard InChI is InChI=1S/C18H18F3NO3/c19-18(20,21)16-6-2-1-5-15(16)17(23)22(12-14-4-3-9-25-14)13-7-10-24-11-8-13/h1-6,9,13H,7-8,10-12H2. The van der Waals surface area contributed by atoms with Crippen LogP contribution >= 0.6 is 0 Å². The number of carbonyl (C=O) groups excluding carboxylic acids is 1. The largest absolute Gasteiger partial charge is 0.467 e. The fourth-order valence-electron chi connectivity index (χ4n) is 3.01. The number of hydrogen-bond acceptors (Lipinski definition) is 3. The third kappa shape index (κ3) is 4.04. The lowest BCUT2D eigenvalue weighted by Crippen LogP contribution is -2.43. The van der Waals surface area contributed by atoms with Crippen LogP contribution in [0.15, 0.2) is 47.1 Å². The lowest BCUT2D eigenvalue weighted by atomic mass is 10.0. The van der Waals surface area contributed by atoms with Gasteiger partial charge in [-0.3, -0.25) is 4.79 Å². The summed E-state index contributed by atoms with van der Waals surface area (Å²) >= 11 is 0. The molecule has 0 N–H and O–H groups in total. The highest BCUT2D eigenvalue weighted by molar-refractivity contribution is 5.96. The van der Waals surface area contributed by atoms with Crippen LogP contribution in [-0.4, -0.2) is 30.1 Å². The van der Waals surface area contributed by atoms with Gasteiger partial charge in [0.25, 0.3) is 5.91 Å². The number of amides is 1. The molecule has 0 atom stereocenters. The zero-order valence-electron chi connectivity index (χ0n) is 13.5. The molecule has 0 bridgehead atoms. The topological polar surface area (TPSA) is 42.7 Å². The molecule has 0 radical (unpaired) electrons. The summed E-state index contributed by atoms with van der Waals surface area (Å²) in [5.41, 5.74) is -1.26. The SMILES string of the molecule is O=C(c1ccccc1C(F)(F)F)N(Cc1ccco1)C1CCOCC1. The van der Waals surface area contributed by atoms with Gasteiger partial charge in [0.15, 0.2) is 0 Å². The number of halogens is 3. The Bertz CT molecular complexity index is 707. The molecule has 1 aliphatic heterocycles. The van der Waals surface area contributed by atoms with Gasteiger partial charge in [0.1, 0.15) is 5.76 Å². The first-order valence-electron chi connectivity index (χ1n) is 8.04. The third-order valence-electron chi connectivity index (χ3n) is 4.26. The molecule has 2 heterocycles. The highest BCUT2D eigenvalue weighted by Crippen LogP contribution is 2.33. The highest BCUT2D eigenvalue weighted by atomic mass is 19.4. The minimum Gasteiger partial charge on any atom is -0.467 e. The Morgan fingerprint density at radius 1 is 1.12 bits per heavy atom. The van der Waals surface area contributed by atoms with E-state index in [0.717, 1.165) is 6.07 Å². The molecule has 4 nitrogen and oxygen atoms in total. The van der Waals surface area contributed by atoms with Crippen molar-refractivity contribution in [1.82, 2.24) is 4.90 Å². The first kappa shape index (κ1) is 17.5. The van der Waals surface area contributed by atoms with Crippen molar-refractivity contribution in [3.63, 3.8) is 0 Å². The summed E-state index contributed by atoms with van der Waals surface area (Å²) in [6.07, 6.45) is -1.94. The van der Waals surface area contributed by atoms with E-state index in [0.29, 0.717) is 31.8 Å². The normalized spacial score (nSPS) is 16.0. The summed E-state index contributed by atoms with van der Waals surface area (Å²) in [5, 5.41) is 0. The Balaban J connectivity index is 1.94. The molecule has 1 aromatic carbocycles. The zero-order valence-corrected chi connectivity index (χ0v) is 13.5. The average molecular weight is 353 g/mol. The van der Waals surface area contributed by atoms with Crippen molar-refractivity contribution < 1.29 is 27.1 Å². The number of rotatable bonds is 4. The monoisotopic (exact) mass is 353 g/mol. The second-order valence-electron chi connectivity index (χ2n) is 5.90. The average Bonchev–Trinajstić information content (AvgIpc) is 3.12. The maximum atomic E-state index is 13.3. The molecular weight excluding hydrogens is 335 g/mol. The van der Waals surface area contributed by atoms with Gasteiger partial charge in [0.05, 0.1) is 23.9 Å². The van der Waals surface area contributed by atoms with Crippen molar-refractivity contribution in [1.29, 1.82) is 0 Å². The first-order valence-corrected chi connectivity index (χ1v) is 8.04.